The van der Waals surface area contributed by atoms with Gasteiger partial charge in [-0.3, -0.25) is 0 Å². The molecule has 0 bridgehead atoms. The van der Waals surface area contributed by atoms with Crippen molar-refractivity contribution in [1.29, 1.82) is 0 Å². The Morgan fingerprint density at radius 1 is 1.24 bits per heavy atom. The van der Waals surface area contributed by atoms with E-state index in [4.69, 9.17) is 0 Å². The van der Waals surface area contributed by atoms with Crippen LogP contribution < -0.4 is 5.32 Å². The fourth-order valence-corrected chi connectivity index (χ4v) is 2.68. The molecule has 0 unspecified atom stereocenters. The molecule has 0 saturated heterocycles. The van der Waals surface area contributed by atoms with Crippen molar-refractivity contribution in [2.75, 3.05) is 47.3 Å². The highest BCUT2D eigenvalue weighted by Crippen LogP contribution is 2.45. The van der Waals surface area contributed by atoms with Crippen molar-refractivity contribution in [1.82, 2.24) is 15.1 Å². The summed E-state index contributed by atoms with van der Waals surface area (Å²) in [5.74, 6) is 0. The van der Waals surface area contributed by atoms with Crippen molar-refractivity contribution in [3.8, 4) is 0 Å². The number of hydrogen-bond acceptors (Lipinski definition) is 3. The van der Waals surface area contributed by atoms with Crippen LogP contribution in [0, 0.1) is 5.41 Å². The van der Waals surface area contributed by atoms with Gasteiger partial charge >= 0.3 is 0 Å². The van der Waals surface area contributed by atoms with Crippen molar-refractivity contribution in [3.05, 3.63) is 0 Å². The summed E-state index contributed by atoms with van der Waals surface area (Å²) >= 11 is 0. The van der Waals surface area contributed by atoms with E-state index in [1.165, 1.54) is 38.9 Å². The molecule has 102 valence electrons. The molecule has 0 aromatic heterocycles. The van der Waals surface area contributed by atoms with E-state index in [1.54, 1.807) is 0 Å². The van der Waals surface area contributed by atoms with Gasteiger partial charge in [-0.2, -0.15) is 0 Å². The fraction of sp³-hybridized carbons (Fsp3) is 1.00. The van der Waals surface area contributed by atoms with Crippen LogP contribution in [0.25, 0.3) is 0 Å². The van der Waals surface area contributed by atoms with E-state index in [1.807, 2.05) is 7.05 Å². The lowest BCUT2D eigenvalue weighted by atomic mass is 9.64. The van der Waals surface area contributed by atoms with Gasteiger partial charge in [-0.25, -0.2) is 0 Å². The van der Waals surface area contributed by atoms with Gasteiger partial charge in [0, 0.05) is 19.1 Å². The highest BCUT2D eigenvalue weighted by atomic mass is 15.2. The number of rotatable bonds is 8. The van der Waals surface area contributed by atoms with Gasteiger partial charge < -0.3 is 15.1 Å². The minimum atomic E-state index is 0.599. The van der Waals surface area contributed by atoms with Gasteiger partial charge in [0.1, 0.15) is 0 Å². The van der Waals surface area contributed by atoms with Crippen LogP contribution in [0.5, 0.6) is 0 Å². The smallest absolute Gasteiger partial charge is 0.0107 e. The van der Waals surface area contributed by atoms with Crippen molar-refractivity contribution < 1.29 is 0 Å². The predicted molar refractivity (Wildman–Crippen MR) is 75.5 cm³/mol. The van der Waals surface area contributed by atoms with Gasteiger partial charge in [0.2, 0.25) is 0 Å². The molecule has 0 atom stereocenters. The van der Waals surface area contributed by atoms with E-state index in [-0.39, 0.29) is 0 Å². The largest absolute Gasteiger partial charge is 0.318 e. The molecule has 3 nitrogen and oxygen atoms in total. The summed E-state index contributed by atoms with van der Waals surface area (Å²) < 4.78 is 0. The second-order valence-electron chi connectivity index (χ2n) is 6.10. The molecule has 0 aliphatic heterocycles. The molecule has 0 heterocycles. The first kappa shape index (κ1) is 14.9. The number of likely N-dealkylation sites (N-methyl/N-ethyl adjacent to an activating group) is 2. The molecule has 1 saturated carbocycles. The zero-order valence-corrected chi connectivity index (χ0v) is 12.4. The van der Waals surface area contributed by atoms with Crippen molar-refractivity contribution in [2.45, 2.75) is 39.2 Å². The van der Waals surface area contributed by atoms with E-state index in [9.17, 15) is 0 Å². The molecule has 1 aliphatic rings. The number of hydrogen-bond donors (Lipinski definition) is 1. The van der Waals surface area contributed by atoms with Crippen molar-refractivity contribution in [3.63, 3.8) is 0 Å². The minimum Gasteiger partial charge on any atom is -0.318 e. The molecule has 17 heavy (non-hydrogen) atoms. The molecule has 1 aliphatic carbocycles. The predicted octanol–water partition coefficient (Wildman–Crippen LogP) is 1.65. The Bertz CT molecular complexity index is 212. The van der Waals surface area contributed by atoms with Crippen LogP contribution in [0.4, 0.5) is 0 Å². The average Bonchev–Trinajstić information content (AvgIpc) is 2.29. The number of nitrogens with one attached hydrogen (secondary N) is 1. The molecule has 3 heteroatoms. The third kappa shape index (κ3) is 4.57. The maximum Gasteiger partial charge on any atom is 0.0107 e. The van der Waals surface area contributed by atoms with E-state index < -0.39 is 0 Å². The monoisotopic (exact) mass is 241 g/mol. The average molecular weight is 241 g/mol. The molecule has 0 aromatic rings. The topological polar surface area (TPSA) is 18.5 Å². The van der Waals surface area contributed by atoms with Gasteiger partial charge in [0.05, 0.1) is 0 Å². The Morgan fingerprint density at radius 2 is 1.88 bits per heavy atom. The van der Waals surface area contributed by atoms with Crippen LogP contribution in [0.3, 0.4) is 0 Å². The summed E-state index contributed by atoms with van der Waals surface area (Å²) in [6.45, 7) is 9.38. The molecule has 0 aromatic carbocycles. The Hall–Kier alpha value is -0.120. The van der Waals surface area contributed by atoms with Gasteiger partial charge in [-0.15, -0.1) is 0 Å². The maximum absolute atomic E-state index is 3.22. The summed E-state index contributed by atoms with van der Waals surface area (Å²) in [5.41, 5.74) is 0.599. The van der Waals surface area contributed by atoms with Crippen molar-refractivity contribution >= 4 is 0 Å². The molecular formula is C14H31N3. The summed E-state index contributed by atoms with van der Waals surface area (Å²) in [4.78, 5) is 4.94. The lowest BCUT2D eigenvalue weighted by Crippen LogP contribution is -2.50. The third-order valence-corrected chi connectivity index (χ3v) is 4.43. The Kier molecular flexibility index (Phi) is 5.90. The normalized spacial score (nSPS) is 28.8. The summed E-state index contributed by atoms with van der Waals surface area (Å²) in [7, 11) is 6.51. The second-order valence-corrected chi connectivity index (χ2v) is 6.10. The van der Waals surface area contributed by atoms with Gasteiger partial charge in [0.25, 0.3) is 0 Å². The summed E-state index contributed by atoms with van der Waals surface area (Å²) in [6, 6.07) is 0.820. The van der Waals surface area contributed by atoms with Gasteiger partial charge in [-0.1, -0.05) is 13.8 Å². The third-order valence-electron chi connectivity index (χ3n) is 4.43. The van der Waals surface area contributed by atoms with Gasteiger partial charge in [-0.05, 0) is 58.9 Å². The van der Waals surface area contributed by atoms with E-state index in [0.717, 1.165) is 12.6 Å². The molecule has 0 amide bonds. The second kappa shape index (κ2) is 6.72. The highest BCUT2D eigenvalue weighted by Gasteiger charge is 2.41. The zero-order valence-electron chi connectivity index (χ0n) is 12.4. The molecular weight excluding hydrogens is 210 g/mol. The van der Waals surface area contributed by atoms with E-state index >= 15 is 0 Å². The fourth-order valence-electron chi connectivity index (χ4n) is 2.68. The number of nitrogens with zero attached hydrogens (tertiary/aromatic N) is 2. The van der Waals surface area contributed by atoms with Crippen molar-refractivity contribution in [2.24, 2.45) is 5.41 Å². The maximum atomic E-state index is 3.22. The van der Waals surface area contributed by atoms with Crippen LogP contribution in [-0.2, 0) is 0 Å². The first-order valence-electron chi connectivity index (χ1n) is 7.04. The van der Waals surface area contributed by atoms with Crippen LogP contribution in [0.2, 0.25) is 0 Å². The summed E-state index contributed by atoms with van der Waals surface area (Å²) in [5, 5.41) is 3.22. The molecule has 1 rings (SSSR count). The molecule has 0 spiro atoms. The Morgan fingerprint density at radius 3 is 2.41 bits per heavy atom. The van der Waals surface area contributed by atoms with E-state index in [2.05, 4.69) is 43.1 Å². The van der Waals surface area contributed by atoms with Crippen LogP contribution in [0.1, 0.15) is 33.1 Å². The SMILES string of the molecule is CCN(C)CCC1(C)CC(N(C)CCNC)C1. The first-order valence-corrected chi connectivity index (χ1v) is 7.04. The molecule has 0 radical (unpaired) electrons. The Balaban J connectivity index is 2.19. The van der Waals surface area contributed by atoms with Gasteiger partial charge in [0.15, 0.2) is 0 Å². The standard InChI is InChI=1S/C14H31N3/c1-6-16(4)9-7-14(2)11-13(12-14)17(5)10-8-15-3/h13,15H,6-12H2,1-5H3. The highest BCUT2D eigenvalue weighted by molar-refractivity contribution is 4.95. The Labute approximate surface area is 108 Å². The van der Waals surface area contributed by atoms with Crippen LogP contribution in [0.15, 0.2) is 0 Å². The first-order chi connectivity index (χ1) is 8.00. The van der Waals surface area contributed by atoms with Crippen LogP contribution in [-0.4, -0.2) is 63.2 Å². The minimum absolute atomic E-state index is 0.599. The summed E-state index contributed by atoms with van der Waals surface area (Å²) in [6.07, 6.45) is 4.11. The quantitative estimate of drug-likeness (QED) is 0.697. The lowest BCUT2D eigenvalue weighted by molar-refractivity contribution is 0.0162. The molecule has 1 N–H and O–H groups in total. The van der Waals surface area contributed by atoms with E-state index in [0.29, 0.717) is 5.41 Å². The van der Waals surface area contributed by atoms with Crippen LogP contribution >= 0.6 is 0 Å². The zero-order chi connectivity index (χ0) is 12.9. The lowest BCUT2D eigenvalue weighted by Gasteiger charge is -2.50. The molecule has 1 fully saturated rings.